The highest BCUT2D eigenvalue weighted by Crippen LogP contribution is 2.29. The lowest BCUT2D eigenvalue weighted by atomic mass is 9.98. The van der Waals surface area contributed by atoms with Crippen molar-refractivity contribution in [3.63, 3.8) is 0 Å². The van der Waals surface area contributed by atoms with Crippen molar-refractivity contribution in [2.75, 3.05) is 20.6 Å². The zero-order chi connectivity index (χ0) is 14.7. The maximum Gasteiger partial charge on any atom is 0.329 e. The van der Waals surface area contributed by atoms with Gasteiger partial charge in [0, 0.05) is 12.1 Å². The van der Waals surface area contributed by atoms with E-state index in [-0.39, 0.29) is 5.54 Å². The molecule has 1 aliphatic rings. The Morgan fingerprint density at radius 2 is 1.79 bits per heavy atom. The molecule has 0 bridgehead atoms. The summed E-state index contributed by atoms with van der Waals surface area (Å²) in [5.74, 6) is -0.938. The average molecular weight is 271 g/mol. The minimum Gasteiger partial charge on any atom is -0.480 e. The molecule has 0 aliphatic heterocycles. The molecule has 0 atom stereocenters. The second-order valence-corrected chi connectivity index (χ2v) is 6.11. The van der Waals surface area contributed by atoms with E-state index in [1.165, 1.54) is 0 Å². The number of urea groups is 1. The molecule has 110 valence electrons. The number of nitrogens with one attached hydrogen (secondary N) is 2. The van der Waals surface area contributed by atoms with Gasteiger partial charge in [-0.2, -0.15) is 0 Å². The molecule has 19 heavy (non-hydrogen) atoms. The van der Waals surface area contributed by atoms with Gasteiger partial charge in [0.05, 0.1) is 0 Å². The number of nitrogens with zero attached hydrogens (tertiary/aromatic N) is 1. The number of carboxylic acid groups (broad SMARTS) is 1. The van der Waals surface area contributed by atoms with Gasteiger partial charge in [-0.05, 0) is 40.8 Å². The van der Waals surface area contributed by atoms with Crippen LogP contribution in [-0.4, -0.2) is 53.7 Å². The summed E-state index contributed by atoms with van der Waals surface area (Å²) in [6.07, 6.45) is 2.70. The number of carboxylic acids is 1. The van der Waals surface area contributed by atoms with Gasteiger partial charge in [-0.15, -0.1) is 0 Å². The Morgan fingerprint density at radius 3 is 2.21 bits per heavy atom. The van der Waals surface area contributed by atoms with E-state index in [1.807, 2.05) is 32.8 Å². The summed E-state index contributed by atoms with van der Waals surface area (Å²) < 4.78 is 0. The zero-order valence-electron chi connectivity index (χ0n) is 12.2. The van der Waals surface area contributed by atoms with Gasteiger partial charge in [0.1, 0.15) is 5.54 Å². The van der Waals surface area contributed by atoms with Crippen LogP contribution >= 0.6 is 0 Å². The Kier molecular flexibility index (Phi) is 4.79. The predicted octanol–water partition coefficient (Wildman–Crippen LogP) is 1.02. The highest BCUT2D eigenvalue weighted by molar-refractivity contribution is 5.86. The summed E-state index contributed by atoms with van der Waals surface area (Å²) in [6.45, 7) is 4.48. The molecule has 0 saturated heterocycles. The van der Waals surface area contributed by atoms with Crippen LogP contribution in [0.25, 0.3) is 0 Å². The first-order chi connectivity index (χ1) is 8.69. The number of hydrogen-bond acceptors (Lipinski definition) is 3. The van der Waals surface area contributed by atoms with Crippen LogP contribution in [0.1, 0.15) is 39.5 Å². The quantitative estimate of drug-likeness (QED) is 0.697. The molecule has 6 nitrogen and oxygen atoms in total. The van der Waals surface area contributed by atoms with Crippen molar-refractivity contribution >= 4 is 12.0 Å². The summed E-state index contributed by atoms with van der Waals surface area (Å²) in [4.78, 5) is 25.2. The molecule has 0 spiro atoms. The Balaban J connectivity index is 2.53. The van der Waals surface area contributed by atoms with Crippen LogP contribution in [0, 0.1) is 0 Å². The van der Waals surface area contributed by atoms with E-state index in [4.69, 9.17) is 0 Å². The van der Waals surface area contributed by atoms with Gasteiger partial charge in [0.25, 0.3) is 0 Å². The molecular formula is C13H25N3O3. The SMILES string of the molecule is CN(C)C(C)(C)CNC(=O)NC1(C(=O)O)CCCC1. The Morgan fingerprint density at radius 1 is 1.26 bits per heavy atom. The van der Waals surface area contributed by atoms with Crippen molar-refractivity contribution in [1.82, 2.24) is 15.5 Å². The second-order valence-electron chi connectivity index (χ2n) is 6.11. The molecule has 1 rings (SSSR count). The largest absolute Gasteiger partial charge is 0.480 e. The number of carbonyl (C=O) groups is 2. The first-order valence-corrected chi connectivity index (χ1v) is 6.66. The first kappa shape index (κ1) is 15.8. The molecule has 0 radical (unpaired) electrons. The normalized spacial score (nSPS) is 18.4. The van der Waals surface area contributed by atoms with Gasteiger partial charge in [0.2, 0.25) is 0 Å². The highest BCUT2D eigenvalue weighted by atomic mass is 16.4. The maximum absolute atomic E-state index is 11.9. The third-order valence-corrected chi connectivity index (χ3v) is 4.11. The van der Waals surface area contributed by atoms with Gasteiger partial charge >= 0.3 is 12.0 Å². The molecule has 1 aliphatic carbocycles. The third kappa shape index (κ3) is 3.83. The smallest absolute Gasteiger partial charge is 0.329 e. The summed E-state index contributed by atoms with van der Waals surface area (Å²) in [5, 5.41) is 14.7. The molecule has 0 aromatic carbocycles. The summed E-state index contributed by atoms with van der Waals surface area (Å²) in [7, 11) is 3.88. The third-order valence-electron chi connectivity index (χ3n) is 4.11. The minimum atomic E-state index is -1.08. The maximum atomic E-state index is 11.9. The Labute approximate surface area is 114 Å². The topological polar surface area (TPSA) is 81.7 Å². The lowest BCUT2D eigenvalue weighted by molar-refractivity contribution is -0.144. The molecule has 1 fully saturated rings. The van der Waals surface area contributed by atoms with Crippen LogP contribution in [-0.2, 0) is 4.79 Å². The standard InChI is InChI=1S/C13H25N3O3/c1-12(2,16(3)4)9-14-11(19)15-13(10(17)18)7-5-6-8-13/h5-9H2,1-4H3,(H,17,18)(H2,14,15,19). The van der Waals surface area contributed by atoms with Crippen molar-refractivity contribution in [2.45, 2.75) is 50.6 Å². The van der Waals surface area contributed by atoms with Gasteiger partial charge in [-0.25, -0.2) is 9.59 Å². The molecule has 0 aromatic rings. The second kappa shape index (κ2) is 5.77. The number of likely N-dealkylation sites (N-methyl/N-ethyl adjacent to an activating group) is 1. The van der Waals surface area contributed by atoms with Crippen LogP contribution in [0.3, 0.4) is 0 Å². The Hall–Kier alpha value is -1.30. The van der Waals surface area contributed by atoms with Crippen molar-refractivity contribution in [2.24, 2.45) is 0 Å². The number of amides is 2. The molecule has 3 N–H and O–H groups in total. The van der Waals surface area contributed by atoms with Crippen LogP contribution < -0.4 is 10.6 Å². The van der Waals surface area contributed by atoms with E-state index in [0.717, 1.165) is 12.8 Å². The fourth-order valence-electron chi connectivity index (χ4n) is 2.09. The molecule has 0 aromatic heterocycles. The van der Waals surface area contributed by atoms with Crippen molar-refractivity contribution in [3.05, 3.63) is 0 Å². The predicted molar refractivity (Wildman–Crippen MR) is 73.1 cm³/mol. The summed E-state index contributed by atoms with van der Waals surface area (Å²) in [6, 6.07) is -0.403. The van der Waals surface area contributed by atoms with Gasteiger partial charge in [-0.1, -0.05) is 12.8 Å². The van der Waals surface area contributed by atoms with Crippen molar-refractivity contribution < 1.29 is 14.7 Å². The fourth-order valence-corrected chi connectivity index (χ4v) is 2.09. The van der Waals surface area contributed by atoms with Crippen molar-refractivity contribution in [3.8, 4) is 0 Å². The average Bonchev–Trinajstić information content (AvgIpc) is 2.76. The molecule has 6 heteroatoms. The van der Waals surface area contributed by atoms with Crippen molar-refractivity contribution in [1.29, 1.82) is 0 Å². The van der Waals surface area contributed by atoms with E-state index in [0.29, 0.717) is 19.4 Å². The highest BCUT2D eigenvalue weighted by Gasteiger charge is 2.42. The first-order valence-electron chi connectivity index (χ1n) is 6.66. The number of carbonyl (C=O) groups excluding carboxylic acids is 1. The molecular weight excluding hydrogens is 246 g/mol. The van der Waals surface area contributed by atoms with Crippen LogP contribution in [0.4, 0.5) is 4.79 Å². The van der Waals surface area contributed by atoms with E-state index < -0.39 is 17.5 Å². The van der Waals surface area contributed by atoms with E-state index in [2.05, 4.69) is 10.6 Å². The lowest BCUT2D eigenvalue weighted by Gasteiger charge is -2.33. The van der Waals surface area contributed by atoms with Gasteiger partial charge in [-0.3, -0.25) is 0 Å². The number of hydrogen-bond donors (Lipinski definition) is 3. The lowest BCUT2D eigenvalue weighted by Crippen LogP contribution is -2.58. The van der Waals surface area contributed by atoms with Crippen LogP contribution in [0.5, 0.6) is 0 Å². The number of rotatable bonds is 5. The Bertz CT molecular complexity index is 347. The van der Waals surface area contributed by atoms with Gasteiger partial charge < -0.3 is 20.6 Å². The van der Waals surface area contributed by atoms with Gasteiger partial charge in [0.15, 0.2) is 0 Å². The summed E-state index contributed by atoms with van der Waals surface area (Å²) >= 11 is 0. The molecule has 2 amide bonds. The minimum absolute atomic E-state index is 0.177. The fraction of sp³-hybridized carbons (Fsp3) is 0.846. The van der Waals surface area contributed by atoms with E-state index in [1.54, 1.807) is 0 Å². The number of aliphatic carboxylic acids is 1. The van der Waals surface area contributed by atoms with E-state index in [9.17, 15) is 14.7 Å². The summed E-state index contributed by atoms with van der Waals surface area (Å²) in [5.41, 5.74) is -1.25. The zero-order valence-corrected chi connectivity index (χ0v) is 12.2. The molecule has 0 unspecified atom stereocenters. The monoisotopic (exact) mass is 271 g/mol. The van der Waals surface area contributed by atoms with Crippen LogP contribution in [0.2, 0.25) is 0 Å². The van der Waals surface area contributed by atoms with Crippen LogP contribution in [0.15, 0.2) is 0 Å². The molecule has 1 saturated carbocycles. The van der Waals surface area contributed by atoms with E-state index >= 15 is 0 Å². The molecule has 0 heterocycles.